The summed E-state index contributed by atoms with van der Waals surface area (Å²) in [6.07, 6.45) is 2.06. The Morgan fingerprint density at radius 2 is 1.86 bits per heavy atom. The minimum atomic E-state index is -0.634. The third-order valence-corrected chi connectivity index (χ3v) is 5.10. The summed E-state index contributed by atoms with van der Waals surface area (Å²) in [7, 11) is 0. The van der Waals surface area contributed by atoms with E-state index in [-0.39, 0.29) is 6.42 Å². The molecule has 3 aromatic rings. The minimum Gasteiger partial charge on any atom is -0.490 e. The van der Waals surface area contributed by atoms with Crippen molar-refractivity contribution < 1.29 is 19.0 Å². The Bertz CT molecular complexity index is 1060. The zero-order valence-electron chi connectivity index (χ0n) is 16.8. The van der Waals surface area contributed by atoms with E-state index in [1.54, 1.807) is 13.0 Å². The Balaban J connectivity index is 1.84. The van der Waals surface area contributed by atoms with E-state index in [0.29, 0.717) is 36.0 Å². The summed E-state index contributed by atoms with van der Waals surface area (Å²) in [6.45, 7) is 4.84. The highest BCUT2D eigenvalue weighted by atomic mass is 16.5. The Kier molecular flexibility index (Phi) is 5.58. The smallest absolute Gasteiger partial charge is 0.343 e. The quantitative estimate of drug-likeness (QED) is 0.606. The zero-order chi connectivity index (χ0) is 20.4. The third-order valence-electron chi connectivity index (χ3n) is 5.10. The van der Waals surface area contributed by atoms with E-state index >= 15 is 0 Å². The van der Waals surface area contributed by atoms with Gasteiger partial charge in [0.05, 0.1) is 24.7 Å². The van der Waals surface area contributed by atoms with E-state index in [1.165, 1.54) is 12.8 Å². The highest BCUT2D eigenvalue weighted by Crippen LogP contribution is 2.38. The summed E-state index contributed by atoms with van der Waals surface area (Å²) in [5, 5.41) is 11.3. The first-order valence-corrected chi connectivity index (χ1v) is 10.2. The third kappa shape index (κ3) is 4.30. The molecule has 1 atom stereocenters. The predicted molar refractivity (Wildman–Crippen MR) is 113 cm³/mol. The maximum absolute atomic E-state index is 12.5. The van der Waals surface area contributed by atoms with Crippen molar-refractivity contribution in [3.8, 4) is 22.6 Å². The highest BCUT2D eigenvalue weighted by Gasteiger charge is 2.23. The summed E-state index contributed by atoms with van der Waals surface area (Å²) < 4.78 is 17.4. The fourth-order valence-corrected chi connectivity index (χ4v) is 3.52. The van der Waals surface area contributed by atoms with Crippen LogP contribution in [0.3, 0.4) is 0 Å². The number of ether oxygens (including phenoxy) is 2. The molecular formula is C24H26O5. The summed E-state index contributed by atoms with van der Waals surface area (Å²) in [4.78, 5) is 12.5. The van der Waals surface area contributed by atoms with Crippen LogP contribution in [0.1, 0.15) is 32.4 Å². The van der Waals surface area contributed by atoms with Crippen LogP contribution >= 0.6 is 0 Å². The van der Waals surface area contributed by atoms with Crippen molar-refractivity contribution in [2.75, 3.05) is 13.2 Å². The second kappa shape index (κ2) is 8.29. The molecule has 1 fully saturated rings. The molecule has 1 aromatic heterocycles. The fourth-order valence-electron chi connectivity index (χ4n) is 3.52. The molecule has 0 aliphatic heterocycles. The van der Waals surface area contributed by atoms with Gasteiger partial charge in [-0.3, -0.25) is 0 Å². The van der Waals surface area contributed by atoms with Crippen LogP contribution in [-0.2, 0) is 6.42 Å². The number of benzene rings is 2. The van der Waals surface area contributed by atoms with Crippen molar-refractivity contribution in [2.45, 2.75) is 39.2 Å². The maximum Gasteiger partial charge on any atom is 0.343 e. The van der Waals surface area contributed by atoms with E-state index in [0.717, 1.165) is 22.3 Å². The molecule has 0 radical (unpaired) electrons. The lowest BCUT2D eigenvalue weighted by atomic mass is 9.96. The van der Waals surface area contributed by atoms with Gasteiger partial charge >= 0.3 is 5.63 Å². The van der Waals surface area contributed by atoms with Gasteiger partial charge in [-0.2, -0.15) is 0 Å². The van der Waals surface area contributed by atoms with Gasteiger partial charge in [0.25, 0.3) is 0 Å². The summed E-state index contributed by atoms with van der Waals surface area (Å²) in [5.74, 6) is 2.51. The second-order valence-corrected chi connectivity index (χ2v) is 7.64. The molecular weight excluding hydrogens is 368 g/mol. The van der Waals surface area contributed by atoms with Crippen molar-refractivity contribution in [1.82, 2.24) is 0 Å². The fraction of sp³-hybridized carbons (Fsp3) is 0.375. The minimum absolute atomic E-state index is 0.249. The molecule has 1 N–H and O–H groups in total. The number of aliphatic hydroxyl groups excluding tert-OH is 1. The highest BCUT2D eigenvalue weighted by molar-refractivity contribution is 5.97. The van der Waals surface area contributed by atoms with Gasteiger partial charge in [0.15, 0.2) is 11.5 Å². The normalized spacial score (nSPS) is 14.7. The standard InChI is InChI=1S/C24H26O5/c1-3-27-21-13-17(10-11-20(21)28-14-16-8-9-16)23-18-6-4-5-7-19(18)24(26)29-22(23)12-15(2)25/h4-7,10-11,13,15-16,25H,3,8-9,12,14H2,1-2H3. The Morgan fingerprint density at radius 1 is 1.10 bits per heavy atom. The van der Waals surface area contributed by atoms with Gasteiger partial charge in [0.2, 0.25) is 0 Å². The van der Waals surface area contributed by atoms with Crippen LogP contribution in [-0.4, -0.2) is 24.4 Å². The number of hydrogen-bond acceptors (Lipinski definition) is 5. The van der Waals surface area contributed by atoms with Crippen LogP contribution in [0.15, 0.2) is 51.7 Å². The molecule has 1 unspecified atom stereocenters. The van der Waals surface area contributed by atoms with Crippen LogP contribution < -0.4 is 15.1 Å². The molecule has 5 nitrogen and oxygen atoms in total. The molecule has 1 saturated carbocycles. The average molecular weight is 394 g/mol. The summed E-state index contributed by atoms with van der Waals surface area (Å²) >= 11 is 0. The number of fused-ring (bicyclic) bond motifs is 1. The first kappa shape index (κ1) is 19.5. The number of hydrogen-bond donors (Lipinski definition) is 1. The lowest BCUT2D eigenvalue weighted by molar-refractivity contribution is 0.186. The second-order valence-electron chi connectivity index (χ2n) is 7.64. The van der Waals surface area contributed by atoms with E-state index in [2.05, 4.69) is 0 Å². The first-order chi connectivity index (χ1) is 14.1. The SMILES string of the molecule is CCOc1cc(-c2c(CC(C)O)oc(=O)c3ccccc23)ccc1OCC1CC1. The van der Waals surface area contributed by atoms with Crippen molar-refractivity contribution in [1.29, 1.82) is 0 Å². The molecule has 2 aromatic carbocycles. The summed E-state index contributed by atoms with van der Waals surface area (Å²) in [6, 6.07) is 13.2. The lowest BCUT2D eigenvalue weighted by Gasteiger charge is -2.16. The molecule has 0 bridgehead atoms. The van der Waals surface area contributed by atoms with E-state index < -0.39 is 11.7 Å². The average Bonchev–Trinajstić information content (AvgIpc) is 3.52. The molecule has 4 rings (SSSR count). The lowest BCUT2D eigenvalue weighted by Crippen LogP contribution is -2.11. The molecule has 1 aliphatic carbocycles. The van der Waals surface area contributed by atoms with E-state index in [4.69, 9.17) is 13.9 Å². The van der Waals surface area contributed by atoms with Crippen LogP contribution in [0, 0.1) is 5.92 Å². The monoisotopic (exact) mass is 394 g/mol. The summed E-state index contributed by atoms with van der Waals surface area (Å²) in [5.41, 5.74) is 1.27. The van der Waals surface area contributed by atoms with Gasteiger partial charge in [-0.25, -0.2) is 4.79 Å². The van der Waals surface area contributed by atoms with Gasteiger partial charge in [0.1, 0.15) is 5.76 Å². The molecule has 152 valence electrons. The van der Waals surface area contributed by atoms with Crippen molar-refractivity contribution in [2.24, 2.45) is 5.92 Å². The number of rotatable bonds is 8. The molecule has 0 amide bonds. The van der Waals surface area contributed by atoms with Gasteiger partial charge in [-0.15, -0.1) is 0 Å². The molecule has 1 aliphatic rings. The van der Waals surface area contributed by atoms with E-state index in [1.807, 2.05) is 43.3 Å². The predicted octanol–water partition coefficient (Wildman–Crippen LogP) is 4.57. The molecule has 0 spiro atoms. The van der Waals surface area contributed by atoms with Crippen molar-refractivity contribution in [3.63, 3.8) is 0 Å². The molecule has 0 saturated heterocycles. The van der Waals surface area contributed by atoms with Crippen molar-refractivity contribution in [3.05, 3.63) is 58.6 Å². The Labute approximate surface area is 169 Å². The van der Waals surface area contributed by atoms with E-state index in [9.17, 15) is 9.90 Å². The van der Waals surface area contributed by atoms with Gasteiger partial charge in [-0.05, 0) is 56.4 Å². The van der Waals surface area contributed by atoms with Crippen LogP contribution in [0.5, 0.6) is 11.5 Å². The molecule has 5 heteroatoms. The topological polar surface area (TPSA) is 68.9 Å². The zero-order valence-corrected chi connectivity index (χ0v) is 16.8. The van der Waals surface area contributed by atoms with Gasteiger partial charge in [0, 0.05) is 17.4 Å². The maximum atomic E-state index is 12.5. The van der Waals surface area contributed by atoms with Crippen LogP contribution in [0.4, 0.5) is 0 Å². The molecule has 1 heterocycles. The largest absolute Gasteiger partial charge is 0.490 e. The number of aliphatic hydroxyl groups is 1. The Morgan fingerprint density at radius 3 is 2.55 bits per heavy atom. The van der Waals surface area contributed by atoms with Gasteiger partial charge in [-0.1, -0.05) is 24.3 Å². The first-order valence-electron chi connectivity index (χ1n) is 10.2. The molecule has 29 heavy (non-hydrogen) atoms. The van der Waals surface area contributed by atoms with Crippen LogP contribution in [0.25, 0.3) is 21.9 Å². The van der Waals surface area contributed by atoms with Gasteiger partial charge < -0.3 is 19.0 Å². The van der Waals surface area contributed by atoms with Crippen LogP contribution in [0.2, 0.25) is 0 Å². The Hall–Kier alpha value is -2.79. The van der Waals surface area contributed by atoms with Crippen molar-refractivity contribution >= 4 is 10.8 Å².